The Morgan fingerprint density at radius 3 is 2.17 bits per heavy atom. The fraction of sp³-hybridized carbons (Fsp3) is 0.462. The standard InChI is InChI=1S/C13H20BNO3/c1-9(2)15(10(3)4)13(16)11-6-5-7-12(8-11)14(17)18/h5-10,17-18H,1-4H3. The molecule has 5 heteroatoms. The molecule has 1 rings (SSSR count). The van der Waals surface area contributed by atoms with E-state index in [-0.39, 0.29) is 18.0 Å². The van der Waals surface area contributed by atoms with E-state index in [0.717, 1.165) is 0 Å². The van der Waals surface area contributed by atoms with Crippen molar-refractivity contribution in [2.75, 3.05) is 0 Å². The van der Waals surface area contributed by atoms with Gasteiger partial charge in [0.15, 0.2) is 0 Å². The fourth-order valence-corrected chi connectivity index (χ4v) is 2.05. The van der Waals surface area contributed by atoms with Gasteiger partial charge in [0.2, 0.25) is 0 Å². The second-order valence-corrected chi connectivity index (χ2v) is 4.90. The predicted molar refractivity (Wildman–Crippen MR) is 72.7 cm³/mol. The molecule has 2 N–H and O–H groups in total. The van der Waals surface area contributed by atoms with Crippen molar-refractivity contribution in [1.82, 2.24) is 4.90 Å². The fourth-order valence-electron chi connectivity index (χ4n) is 2.05. The minimum atomic E-state index is -1.55. The zero-order chi connectivity index (χ0) is 13.9. The zero-order valence-electron chi connectivity index (χ0n) is 11.3. The quantitative estimate of drug-likeness (QED) is 0.769. The molecule has 0 aliphatic heterocycles. The van der Waals surface area contributed by atoms with Crippen LogP contribution in [0.2, 0.25) is 0 Å². The van der Waals surface area contributed by atoms with E-state index in [1.807, 2.05) is 27.7 Å². The molecule has 0 fully saturated rings. The first-order valence-corrected chi connectivity index (χ1v) is 6.13. The Labute approximate surface area is 108 Å². The molecular weight excluding hydrogens is 229 g/mol. The molecule has 1 aromatic rings. The van der Waals surface area contributed by atoms with Crippen molar-refractivity contribution in [2.45, 2.75) is 39.8 Å². The smallest absolute Gasteiger partial charge is 0.423 e. The first kappa shape index (κ1) is 14.7. The molecule has 98 valence electrons. The maximum absolute atomic E-state index is 12.4. The molecule has 0 aliphatic rings. The van der Waals surface area contributed by atoms with Crippen LogP contribution in [0.1, 0.15) is 38.1 Å². The maximum atomic E-state index is 12.4. The average molecular weight is 249 g/mol. The molecule has 0 aromatic heterocycles. The van der Waals surface area contributed by atoms with E-state index < -0.39 is 7.12 Å². The SMILES string of the molecule is CC(C)N(C(=O)c1cccc(B(O)O)c1)C(C)C. The number of rotatable bonds is 4. The van der Waals surface area contributed by atoms with Crippen LogP contribution >= 0.6 is 0 Å². The van der Waals surface area contributed by atoms with Gasteiger partial charge in [-0.15, -0.1) is 0 Å². The molecule has 4 nitrogen and oxygen atoms in total. The molecule has 18 heavy (non-hydrogen) atoms. The topological polar surface area (TPSA) is 60.8 Å². The van der Waals surface area contributed by atoms with Crippen molar-refractivity contribution in [3.05, 3.63) is 29.8 Å². The van der Waals surface area contributed by atoms with Gasteiger partial charge >= 0.3 is 7.12 Å². The maximum Gasteiger partial charge on any atom is 0.488 e. The van der Waals surface area contributed by atoms with Crippen LogP contribution in [0.25, 0.3) is 0 Å². The van der Waals surface area contributed by atoms with Crippen LogP contribution in [0.5, 0.6) is 0 Å². The van der Waals surface area contributed by atoms with Crippen molar-refractivity contribution in [3.8, 4) is 0 Å². The highest BCUT2D eigenvalue weighted by Crippen LogP contribution is 2.11. The van der Waals surface area contributed by atoms with Gasteiger partial charge in [-0.05, 0) is 45.3 Å². The zero-order valence-corrected chi connectivity index (χ0v) is 11.3. The lowest BCUT2D eigenvalue weighted by atomic mass is 9.79. The van der Waals surface area contributed by atoms with E-state index >= 15 is 0 Å². The Kier molecular flexibility index (Phi) is 4.93. The van der Waals surface area contributed by atoms with Gasteiger partial charge in [0.1, 0.15) is 0 Å². The van der Waals surface area contributed by atoms with Crippen LogP contribution in [0, 0.1) is 0 Å². The summed E-state index contributed by atoms with van der Waals surface area (Å²) in [6.07, 6.45) is 0. The van der Waals surface area contributed by atoms with Gasteiger partial charge in [-0.25, -0.2) is 0 Å². The van der Waals surface area contributed by atoms with E-state index in [0.29, 0.717) is 11.0 Å². The highest BCUT2D eigenvalue weighted by molar-refractivity contribution is 6.58. The third-order valence-corrected chi connectivity index (χ3v) is 2.78. The minimum Gasteiger partial charge on any atom is -0.423 e. The highest BCUT2D eigenvalue weighted by atomic mass is 16.4. The average Bonchev–Trinajstić information content (AvgIpc) is 2.28. The molecular formula is C13H20BNO3. The Balaban J connectivity index is 3.05. The number of nitrogens with zero attached hydrogens (tertiary/aromatic N) is 1. The molecule has 0 unspecified atom stereocenters. The summed E-state index contributed by atoms with van der Waals surface area (Å²) in [5, 5.41) is 18.2. The summed E-state index contributed by atoms with van der Waals surface area (Å²) in [6, 6.07) is 6.63. The van der Waals surface area contributed by atoms with E-state index in [2.05, 4.69) is 0 Å². The molecule has 0 atom stereocenters. The lowest BCUT2D eigenvalue weighted by Crippen LogP contribution is -2.42. The number of hydrogen-bond donors (Lipinski definition) is 2. The molecule has 0 spiro atoms. The van der Waals surface area contributed by atoms with Gasteiger partial charge in [-0.3, -0.25) is 4.79 Å². The second-order valence-electron chi connectivity index (χ2n) is 4.90. The van der Waals surface area contributed by atoms with Crippen LogP contribution < -0.4 is 5.46 Å². The van der Waals surface area contributed by atoms with Gasteiger partial charge in [0, 0.05) is 17.6 Å². The van der Waals surface area contributed by atoms with Crippen LogP contribution in [0.4, 0.5) is 0 Å². The minimum absolute atomic E-state index is 0.0949. The van der Waals surface area contributed by atoms with Crippen LogP contribution in [0.15, 0.2) is 24.3 Å². The van der Waals surface area contributed by atoms with Crippen molar-refractivity contribution >= 4 is 18.5 Å². The molecule has 0 radical (unpaired) electrons. The van der Waals surface area contributed by atoms with Gasteiger partial charge in [0.25, 0.3) is 5.91 Å². The molecule has 1 aromatic carbocycles. The number of carbonyl (C=O) groups is 1. The summed E-state index contributed by atoms with van der Waals surface area (Å²) in [5.74, 6) is -0.0949. The summed E-state index contributed by atoms with van der Waals surface area (Å²) < 4.78 is 0. The van der Waals surface area contributed by atoms with Crippen molar-refractivity contribution < 1.29 is 14.8 Å². The van der Waals surface area contributed by atoms with Gasteiger partial charge < -0.3 is 14.9 Å². The van der Waals surface area contributed by atoms with Gasteiger partial charge in [-0.1, -0.05) is 12.1 Å². The van der Waals surface area contributed by atoms with Crippen molar-refractivity contribution in [2.24, 2.45) is 0 Å². The Hall–Kier alpha value is -1.33. The number of benzene rings is 1. The Bertz CT molecular complexity index is 410. The summed E-state index contributed by atoms with van der Waals surface area (Å²) in [4.78, 5) is 14.1. The number of hydrogen-bond acceptors (Lipinski definition) is 3. The molecule has 0 aliphatic carbocycles. The van der Waals surface area contributed by atoms with Crippen molar-refractivity contribution in [1.29, 1.82) is 0 Å². The summed E-state index contributed by atoms with van der Waals surface area (Å²) in [6.45, 7) is 7.84. The van der Waals surface area contributed by atoms with E-state index in [1.165, 1.54) is 6.07 Å². The lowest BCUT2D eigenvalue weighted by molar-refractivity contribution is 0.0644. The Morgan fingerprint density at radius 1 is 1.17 bits per heavy atom. The van der Waals surface area contributed by atoms with Gasteiger partial charge in [-0.2, -0.15) is 0 Å². The van der Waals surface area contributed by atoms with Crippen LogP contribution in [-0.2, 0) is 0 Å². The lowest BCUT2D eigenvalue weighted by Gasteiger charge is -2.31. The normalized spacial score (nSPS) is 10.9. The summed E-state index contributed by atoms with van der Waals surface area (Å²) >= 11 is 0. The molecule has 0 saturated carbocycles. The molecule has 0 heterocycles. The molecule has 1 amide bonds. The first-order chi connectivity index (χ1) is 8.34. The largest absolute Gasteiger partial charge is 0.488 e. The third-order valence-electron chi connectivity index (χ3n) is 2.78. The predicted octanol–water partition coefficient (Wildman–Crippen LogP) is 0.625. The van der Waals surface area contributed by atoms with Crippen LogP contribution in [0.3, 0.4) is 0 Å². The molecule has 0 saturated heterocycles. The number of amides is 1. The highest BCUT2D eigenvalue weighted by Gasteiger charge is 2.22. The van der Waals surface area contributed by atoms with Gasteiger partial charge in [0.05, 0.1) is 0 Å². The van der Waals surface area contributed by atoms with E-state index in [9.17, 15) is 4.79 Å². The first-order valence-electron chi connectivity index (χ1n) is 6.13. The number of carbonyl (C=O) groups excluding carboxylic acids is 1. The van der Waals surface area contributed by atoms with E-state index in [1.54, 1.807) is 23.1 Å². The monoisotopic (exact) mass is 249 g/mol. The second kappa shape index (κ2) is 6.02. The molecule has 0 bridgehead atoms. The summed E-state index contributed by atoms with van der Waals surface area (Å²) in [7, 11) is -1.55. The van der Waals surface area contributed by atoms with Crippen molar-refractivity contribution in [3.63, 3.8) is 0 Å². The third kappa shape index (κ3) is 3.34. The van der Waals surface area contributed by atoms with Crippen LogP contribution in [-0.4, -0.2) is 40.1 Å². The Morgan fingerprint density at radius 2 is 1.72 bits per heavy atom. The summed E-state index contributed by atoms with van der Waals surface area (Å²) in [5.41, 5.74) is 0.802. The van der Waals surface area contributed by atoms with E-state index in [4.69, 9.17) is 10.0 Å².